The summed E-state index contributed by atoms with van der Waals surface area (Å²) in [5.74, 6) is 0.156. The first-order valence-electron chi connectivity index (χ1n) is 8.39. The van der Waals surface area contributed by atoms with E-state index in [1.165, 1.54) is 0 Å². The van der Waals surface area contributed by atoms with Crippen molar-refractivity contribution in [1.29, 1.82) is 0 Å². The number of benzene rings is 2. The molecule has 0 aliphatic carbocycles. The number of aromatic hydroxyl groups is 1. The highest BCUT2D eigenvalue weighted by molar-refractivity contribution is 6.42. The molecule has 2 aromatic carbocycles. The second kappa shape index (κ2) is 6.88. The lowest BCUT2D eigenvalue weighted by atomic mass is 10.1. The van der Waals surface area contributed by atoms with Crippen LogP contribution in [0.4, 0.5) is 0 Å². The van der Waals surface area contributed by atoms with E-state index in [1.54, 1.807) is 30.3 Å². The molecule has 8 heteroatoms. The molecule has 0 unspecified atom stereocenters. The van der Waals surface area contributed by atoms with Crippen LogP contribution in [0.15, 0.2) is 41.3 Å². The van der Waals surface area contributed by atoms with Gasteiger partial charge in [-0.15, -0.1) is 0 Å². The van der Waals surface area contributed by atoms with Gasteiger partial charge in [0.15, 0.2) is 0 Å². The van der Waals surface area contributed by atoms with Crippen molar-refractivity contribution in [1.82, 2.24) is 14.5 Å². The van der Waals surface area contributed by atoms with E-state index in [2.05, 4.69) is 9.97 Å². The van der Waals surface area contributed by atoms with Crippen LogP contribution >= 0.6 is 23.2 Å². The third kappa shape index (κ3) is 3.16. The Bertz CT molecular complexity index is 1230. The van der Waals surface area contributed by atoms with Crippen molar-refractivity contribution in [3.05, 3.63) is 56.9 Å². The van der Waals surface area contributed by atoms with Crippen LogP contribution in [0.2, 0.25) is 10.0 Å². The second-order valence-electron chi connectivity index (χ2n) is 6.28. The van der Waals surface area contributed by atoms with Crippen molar-refractivity contribution in [3.63, 3.8) is 0 Å². The molecule has 2 aromatic heterocycles. The summed E-state index contributed by atoms with van der Waals surface area (Å²) < 4.78 is 1.97. The highest BCUT2D eigenvalue weighted by atomic mass is 35.5. The Kier molecular flexibility index (Phi) is 4.55. The fourth-order valence-electron chi connectivity index (χ4n) is 3.18. The molecule has 0 atom stereocenters. The van der Waals surface area contributed by atoms with Gasteiger partial charge >= 0.3 is 0 Å². The maximum Gasteiger partial charge on any atom is 0.275 e. The lowest BCUT2D eigenvalue weighted by Crippen LogP contribution is -2.11. The highest BCUT2D eigenvalue weighted by Crippen LogP contribution is 2.32. The number of aryl methyl sites for hydroxylation is 1. The monoisotopic (exact) mass is 402 g/mol. The van der Waals surface area contributed by atoms with E-state index in [1.807, 2.05) is 10.8 Å². The van der Waals surface area contributed by atoms with Crippen LogP contribution in [-0.2, 0) is 6.54 Å². The fraction of sp³-hybridized carbons (Fsp3) is 0.158. The van der Waals surface area contributed by atoms with E-state index in [9.17, 15) is 9.90 Å². The molecule has 4 rings (SSSR count). The first-order valence-corrected chi connectivity index (χ1v) is 9.15. The summed E-state index contributed by atoms with van der Waals surface area (Å²) in [5, 5.41) is 11.4. The van der Waals surface area contributed by atoms with E-state index in [4.69, 9.17) is 28.9 Å². The number of halogens is 2. The number of aromatic nitrogens is 3. The molecule has 0 aliphatic rings. The smallest absolute Gasteiger partial charge is 0.275 e. The number of hydrogen-bond donors (Lipinski definition) is 3. The van der Waals surface area contributed by atoms with Gasteiger partial charge in [-0.1, -0.05) is 23.2 Å². The lowest BCUT2D eigenvalue weighted by Gasteiger charge is -2.04. The zero-order valence-electron chi connectivity index (χ0n) is 14.2. The Morgan fingerprint density at radius 3 is 2.74 bits per heavy atom. The largest absolute Gasteiger partial charge is 0.508 e. The predicted molar refractivity (Wildman–Crippen MR) is 109 cm³/mol. The molecule has 6 nitrogen and oxygen atoms in total. The molecule has 0 aliphatic heterocycles. The molecule has 4 N–H and O–H groups in total. The first kappa shape index (κ1) is 17.9. The second-order valence-corrected chi connectivity index (χ2v) is 7.09. The van der Waals surface area contributed by atoms with Gasteiger partial charge in [-0.25, -0.2) is 4.98 Å². The maximum absolute atomic E-state index is 12.7. The van der Waals surface area contributed by atoms with Crippen molar-refractivity contribution in [2.75, 3.05) is 6.54 Å². The van der Waals surface area contributed by atoms with Crippen LogP contribution in [0.25, 0.3) is 33.2 Å². The normalized spacial score (nSPS) is 11.5. The number of aromatic amines is 1. The van der Waals surface area contributed by atoms with Crippen molar-refractivity contribution < 1.29 is 5.11 Å². The van der Waals surface area contributed by atoms with Crippen molar-refractivity contribution >= 4 is 45.1 Å². The quantitative estimate of drug-likeness (QED) is 0.481. The number of nitrogens with one attached hydrogen (secondary N) is 1. The van der Waals surface area contributed by atoms with Crippen molar-refractivity contribution in [2.24, 2.45) is 5.73 Å². The summed E-state index contributed by atoms with van der Waals surface area (Å²) in [6.45, 7) is 1.21. The van der Waals surface area contributed by atoms with Gasteiger partial charge in [-0.2, -0.15) is 0 Å². The minimum atomic E-state index is -0.327. The van der Waals surface area contributed by atoms with Crippen LogP contribution in [0.1, 0.15) is 6.42 Å². The molecular weight excluding hydrogens is 387 g/mol. The number of nitrogens with zero attached hydrogens (tertiary/aromatic N) is 2. The lowest BCUT2D eigenvalue weighted by molar-refractivity contribution is 0.475. The van der Waals surface area contributed by atoms with E-state index in [0.29, 0.717) is 39.7 Å². The van der Waals surface area contributed by atoms with Gasteiger partial charge in [0.2, 0.25) is 0 Å². The third-order valence-electron chi connectivity index (χ3n) is 4.46. The minimum absolute atomic E-state index is 0.156. The topological polar surface area (TPSA) is 96.9 Å². The zero-order valence-corrected chi connectivity index (χ0v) is 15.7. The number of nitrogens with two attached hydrogens (primary N) is 1. The molecule has 138 valence electrons. The van der Waals surface area contributed by atoms with Crippen LogP contribution in [0.5, 0.6) is 5.75 Å². The summed E-state index contributed by atoms with van der Waals surface area (Å²) in [6, 6.07) is 8.24. The SMILES string of the molecule is NCCCn1cc(-c2nc3cc(Cl)c(Cl)cc3[nH]c2=O)c2ccc(O)cc21. The van der Waals surface area contributed by atoms with E-state index in [0.717, 1.165) is 17.3 Å². The average Bonchev–Trinajstić information content (AvgIpc) is 2.98. The van der Waals surface area contributed by atoms with E-state index in [-0.39, 0.29) is 17.0 Å². The van der Waals surface area contributed by atoms with Gasteiger partial charge in [0, 0.05) is 29.8 Å². The van der Waals surface area contributed by atoms with Gasteiger partial charge < -0.3 is 20.4 Å². The van der Waals surface area contributed by atoms with Crippen LogP contribution in [-0.4, -0.2) is 26.2 Å². The third-order valence-corrected chi connectivity index (χ3v) is 5.18. The van der Waals surface area contributed by atoms with Gasteiger partial charge in [0.1, 0.15) is 11.4 Å². The first-order chi connectivity index (χ1) is 13.0. The van der Waals surface area contributed by atoms with Crippen molar-refractivity contribution in [2.45, 2.75) is 13.0 Å². The number of phenolic OH excluding ortho intramolecular Hbond substituents is 1. The molecule has 0 amide bonds. The molecule has 0 bridgehead atoms. The Morgan fingerprint density at radius 2 is 1.96 bits per heavy atom. The number of phenols is 1. The minimum Gasteiger partial charge on any atom is -0.508 e. The molecule has 2 heterocycles. The number of fused-ring (bicyclic) bond motifs is 2. The summed E-state index contributed by atoms with van der Waals surface area (Å²) in [4.78, 5) is 20.0. The Hall–Kier alpha value is -2.54. The summed E-state index contributed by atoms with van der Waals surface area (Å²) >= 11 is 12.1. The highest BCUT2D eigenvalue weighted by Gasteiger charge is 2.16. The molecule has 27 heavy (non-hydrogen) atoms. The van der Waals surface area contributed by atoms with Gasteiger partial charge in [-0.05, 0) is 37.2 Å². The molecule has 0 fully saturated rings. The average molecular weight is 403 g/mol. The van der Waals surface area contributed by atoms with Crippen LogP contribution in [0.3, 0.4) is 0 Å². The molecule has 0 saturated carbocycles. The molecule has 0 saturated heterocycles. The van der Waals surface area contributed by atoms with Gasteiger partial charge in [0.05, 0.1) is 26.6 Å². The number of hydrogen-bond acceptors (Lipinski definition) is 4. The molecule has 4 aromatic rings. The maximum atomic E-state index is 12.7. The Labute approximate surface area is 164 Å². The van der Waals surface area contributed by atoms with Gasteiger partial charge in [-0.3, -0.25) is 4.79 Å². The number of H-pyrrole nitrogens is 1. The Morgan fingerprint density at radius 1 is 1.19 bits per heavy atom. The Balaban J connectivity index is 1.97. The molecule has 0 spiro atoms. The summed E-state index contributed by atoms with van der Waals surface area (Å²) in [5.41, 5.74) is 8.13. The van der Waals surface area contributed by atoms with Crippen LogP contribution in [0, 0.1) is 0 Å². The van der Waals surface area contributed by atoms with E-state index < -0.39 is 0 Å². The van der Waals surface area contributed by atoms with Crippen LogP contribution < -0.4 is 11.3 Å². The summed E-state index contributed by atoms with van der Waals surface area (Å²) in [7, 11) is 0. The molecular formula is C19H16Cl2N4O2. The standard InChI is InChI=1S/C19H16Cl2N4O2/c20-13-7-15-16(8-14(13)21)24-19(27)18(23-15)12-9-25(5-1-4-22)17-6-10(26)2-3-11(12)17/h2-3,6-9,26H,1,4-5,22H2,(H,24,27). The predicted octanol–water partition coefficient (Wildman–Crippen LogP) is 3.91. The number of rotatable bonds is 4. The molecule has 0 radical (unpaired) electrons. The summed E-state index contributed by atoms with van der Waals surface area (Å²) in [6.07, 6.45) is 2.63. The van der Waals surface area contributed by atoms with E-state index >= 15 is 0 Å². The fourth-order valence-corrected chi connectivity index (χ4v) is 3.50. The zero-order chi connectivity index (χ0) is 19.1. The van der Waals surface area contributed by atoms with Gasteiger partial charge in [0.25, 0.3) is 5.56 Å². The van der Waals surface area contributed by atoms with Crippen molar-refractivity contribution in [3.8, 4) is 17.0 Å².